The topological polar surface area (TPSA) is 64.1 Å². The zero-order chi connectivity index (χ0) is 14.0. The van der Waals surface area contributed by atoms with Gasteiger partial charge < -0.3 is 10.8 Å². The number of hydrogen-bond acceptors (Lipinski definition) is 3. The summed E-state index contributed by atoms with van der Waals surface area (Å²) < 4.78 is 1.77. The first-order valence-corrected chi connectivity index (χ1v) is 7.97. The van der Waals surface area contributed by atoms with Gasteiger partial charge in [0.2, 0.25) is 0 Å². The number of hydrogen-bond donors (Lipinski definition) is 2. The van der Waals surface area contributed by atoms with E-state index in [4.69, 9.17) is 15.9 Å². The lowest BCUT2D eigenvalue weighted by molar-refractivity contribution is -0.0633. The molecule has 4 aliphatic carbocycles. The van der Waals surface area contributed by atoms with Crippen LogP contribution in [0.1, 0.15) is 51.1 Å². The van der Waals surface area contributed by atoms with Crippen molar-refractivity contribution in [2.45, 2.75) is 57.4 Å². The minimum Gasteiger partial charge on any atom is -0.394 e. The molecule has 4 nitrogen and oxygen atoms in total. The summed E-state index contributed by atoms with van der Waals surface area (Å²) in [6.07, 6.45) is 8.15. The highest BCUT2D eigenvalue weighted by Gasteiger charge is 2.57. The molecule has 20 heavy (non-hydrogen) atoms. The maximum absolute atomic E-state index is 9.11. The first-order valence-electron chi connectivity index (χ1n) is 7.97. The van der Waals surface area contributed by atoms with Crippen molar-refractivity contribution in [3.8, 4) is 0 Å². The molecule has 4 aliphatic rings. The number of aliphatic hydroxyl groups excluding tert-OH is 1. The van der Waals surface area contributed by atoms with Crippen molar-refractivity contribution in [3.05, 3.63) is 11.8 Å². The van der Waals surface area contributed by atoms with E-state index >= 15 is 0 Å². The van der Waals surface area contributed by atoms with Crippen molar-refractivity contribution in [1.82, 2.24) is 9.78 Å². The van der Waals surface area contributed by atoms with E-state index in [2.05, 4.69) is 13.0 Å². The molecular weight excluding hydrogens is 250 g/mol. The summed E-state index contributed by atoms with van der Waals surface area (Å²) in [5, 5.41) is 13.9. The fraction of sp³-hybridized carbons (Fsp3) is 0.812. The lowest BCUT2D eigenvalue weighted by Crippen LogP contribution is -2.53. The molecule has 1 aromatic heterocycles. The van der Waals surface area contributed by atoms with Crippen LogP contribution in [-0.2, 0) is 12.0 Å². The molecule has 4 saturated carbocycles. The molecule has 1 heterocycles. The van der Waals surface area contributed by atoms with Gasteiger partial charge in [0.05, 0.1) is 18.8 Å². The van der Waals surface area contributed by atoms with Crippen molar-refractivity contribution >= 4 is 5.82 Å². The smallest absolute Gasteiger partial charge is 0.122 e. The number of nitrogens with zero attached hydrogens (tertiary/aromatic N) is 2. The van der Waals surface area contributed by atoms with Crippen molar-refractivity contribution in [2.75, 3.05) is 12.3 Å². The maximum Gasteiger partial charge on any atom is 0.122 e. The Morgan fingerprint density at radius 1 is 1.35 bits per heavy atom. The van der Waals surface area contributed by atoms with Gasteiger partial charge in [-0.15, -0.1) is 0 Å². The molecule has 0 aromatic carbocycles. The third-order valence-electron chi connectivity index (χ3n) is 6.02. The van der Waals surface area contributed by atoms with Crippen LogP contribution >= 0.6 is 0 Å². The van der Waals surface area contributed by atoms with E-state index in [-0.39, 0.29) is 12.0 Å². The average molecular weight is 275 g/mol. The molecular formula is C16H25N3O. The Labute approximate surface area is 120 Å². The third-order valence-corrected chi connectivity index (χ3v) is 6.02. The standard InChI is InChI=1S/C16H25N3O/c1-15-6-11-4-12(7-15)9-16(8-11,10-15)13-5-14(17)19(18-13)2-3-20/h5,11-12,20H,2-4,6-10,17H2,1H3. The molecule has 0 spiro atoms. The Balaban J connectivity index is 1.72. The van der Waals surface area contributed by atoms with Gasteiger partial charge in [0.1, 0.15) is 5.82 Å². The van der Waals surface area contributed by atoms with Crippen LogP contribution in [0.15, 0.2) is 6.07 Å². The molecule has 0 aliphatic heterocycles. The van der Waals surface area contributed by atoms with Crippen LogP contribution in [0.4, 0.5) is 5.82 Å². The predicted octanol–water partition coefficient (Wildman–Crippen LogP) is 2.32. The minimum atomic E-state index is 0.0985. The van der Waals surface area contributed by atoms with E-state index in [0.717, 1.165) is 11.8 Å². The number of aromatic nitrogens is 2. The SMILES string of the molecule is CC12CC3CC(C1)CC(c1cc(N)n(CCO)n1)(C3)C2. The molecule has 0 radical (unpaired) electrons. The number of nitrogens with two attached hydrogens (primary N) is 1. The second-order valence-electron chi connectivity index (χ2n) is 7.95. The molecule has 4 bridgehead atoms. The highest BCUT2D eigenvalue weighted by molar-refractivity contribution is 5.36. The summed E-state index contributed by atoms with van der Waals surface area (Å²) in [4.78, 5) is 0. The Hall–Kier alpha value is -1.03. The molecule has 2 atom stereocenters. The zero-order valence-corrected chi connectivity index (χ0v) is 12.3. The molecule has 1 aromatic rings. The van der Waals surface area contributed by atoms with Gasteiger partial charge in [-0.2, -0.15) is 5.10 Å². The van der Waals surface area contributed by atoms with E-state index in [1.807, 2.05) is 0 Å². The van der Waals surface area contributed by atoms with E-state index < -0.39 is 0 Å². The van der Waals surface area contributed by atoms with Crippen molar-refractivity contribution < 1.29 is 5.11 Å². The van der Waals surface area contributed by atoms with Crippen LogP contribution in [0.25, 0.3) is 0 Å². The summed E-state index contributed by atoms with van der Waals surface area (Å²) in [5.74, 6) is 2.49. The Bertz CT molecular complexity index is 522. The van der Waals surface area contributed by atoms with Crippen molar-refractivity contribution in [3.63, 3.8) is 0 Å². The van der Waals surface area contributed by atoms with Crippen LogP contribution in [0.2, 0.25) is 0 Å². The first kappa shape index (κ1) is 12.7. The van der Waals surface area contributed by atoms with Crippen LogP contribution < -0.4 is 5.73 Å². The summed E-state index contributed by atoms with van der Waals surface area (Å²) in [6.45, 7) is 3.08. The number of anilines is 1. The number of nitrogen functional groups attached to an aromatic ring is 1. The highest BCUT2D eigenvalue weighted by atomic mass is 16.3. The van der Waals surface area contributed by atoms with Crippen LogP contribution in [-0.4, -0.2) is 21.5 Å². The summed E-state index contributed by atoms with van der Waals surface area (Å²) in [6, 6.07) is 2.08. The molecule has 110 valence electrons. The van der Waals surface area contributed by atoms with Crippen LogP contribution in [0.3, 0.4) is 0 Å². The molecule has 4 heteroatoms. The largest absolute Gasteiger partial charge is 0.394 e. The predicted molar refractivity (Wildman–Crippen MR) is 78.2 cm³/mol. The van der Waals surface area contributed by atoms with Gasteiger partial charge in [-0.3, -0.25) is 0 Å². The number of aliphatic hydroxyl groups is 1. The van der Waals surface area contributed by atoms with E-state index in [0.29, 0.717) is 17.8 Å². The van der Waals surface area contributed by atoms with E-state index in [1.165, 1.54) is 44.2 Å². The van der Waals surface area contributed by atoms with Crippen molar-refractivity contribution in [2.24, 2.45) is 17.3 Å². The molecule has 0 amide bonds. The zero-order valence-electron chi connectivity index (χ0n) is 12.3. The van der Waals surface area contributed by atoms with Gasteiger partial charge in [-0.1, -0.05) is 6.92 Å². The van der Waals surface area contributed by atoms with Gasteiger partial charge in [0, 0.05) is 11.5 Å². The normalized spacial score (nSPS) is 42.3. The second kappa shape index (κ2) is 4.00. The van der Waals surface area contributed by atoms with Gasteiger partial charge >= 0.3 is 0 Å². The highest BCUT2D eigenvalue weighted by Crippen LogP contribution is 2.65. The van der Waals surface area contributed by atoms with E-state index in [1.54, 1.807) is 4.68 Å². The summed E-state index contributed by atoms with van der Waals surface area (Å²) in [5.41, 5.74) is 8.07. The van der Waals surface area contributed by atoms with Crippen molar-refractivity contribution in [1.29, 1.82) is 0 Å². The van der Waals surface area contributed by atoms with Gasteiger partial charge in [0.15, 0.2) is 0 Å². The third kappa shape index (κ3) is 1.73. The summed E-state index contributed by atoms with van der Waals surface area (Å²) >= 11 is 0. The van der Waals surface area contributed by atoms with Gasteiger partial charge in [-0.25, -0.2) is 4.68 Å². The fourth-order valence-electron chi connectivity index (χ4n) is 5.98. The monoisotopic (exact) mass is 275 g/mol. The molecule has 3 N–H and O–H groups in total. The Morgan fingerprint density at radius 2 is 2.05 bits per heavy atom. The molecule has 2 unspecified atom stereocenters. The lowest BCUT2D eigenvalue weighted by atomic mass is 9.44. The minimum absolute atomic E-state index is 0.0985. The van der Waals surface area contributed by atoms with E-state index in [9.17, 15) is 0 Å². The van der Waals surface area contributed by atoms with Crippen LogP contribution in [0.5, 0.6) is 0 Å². The number of rotatable bonds is 3. The average Bonchev–Trinajstić information content (AvgIpc) is 2.69. The van der Waals surface area contributed by atoms with Crippen LogP contribution in [0, 0.1) is 17.3 Å². The van der Waals surface area contributed by atoms with Gasteiger partial charge in [0.25, 0.3) is 0 Å². The Morgan fingerprint density at radius 3 is 2.65 bits per heavy atom. The molecule has 5 rings (SSSR count). The fourth-order valence-corrected chi connectivity index (χ4v) is 5.98. The first-order chi connectivity index (χ1) is 9.52. The molecule has 4 fully saturated rings. The lowest BCUT2D eigenvalue weighted by Gasteiger charge is -2.60. The summed E-state index contributed by atoms with van der Waals surface area (Å²) in [7, 11) is 0. The quantitative estimate of drug-likeness (QED) is 0.889. The second-order valence-corrected chi connectivity index (χ2v) is 7.95. The molecule has 0 saturated heterocycles. The Kier molecular flexibility index (Phi) is 2.54. The van der Waals surface area contributed by atoms with Gasteiger partial charge in [-0.05, 0) is 55.8 Å². The maximum atomic E-state index is 9.11.